The number of carbonyl (C=O) groups is 1. The van der Waals surface area contributed by atoms with Crippen LogP contribution in [0.4, 0.5) is 10.8 Å². The predicted octanol–water partition coefficient (Wildman–Crippen LogP) is 5.08. The molecule has 25 heavy (non-hydrogen) atoms. The summed E-state index contributed by atoms with van der Waals surface area (Å²) >= 11 is 1.54. The van der Waals surface area contributed by atoms with Gasteiger partial charge in [0.2, 0.25) is 5.91 Å². The van der Waals surface area contributed by atoms with Gasteiger partial charge in [-0.2, -0.15) is 0 Å². The number of aromatic nitrogens is 1. The van der Waals surface area contributed by atoms with E-state index in [1.165, 1.54) is 0 Å². The van der Waals surface area contributed by atoms with Crippen LogP contribution in [0.3, 0.4) is 0 Å². The lowest BCUT2D eigenvalue weighted by atomic mass is 9.84. The standard InChI is InChI=1S/C20H20N2O2S/c1-13-10-11-17(24-2)16(12-13)22(19(23)14-6-5-7-14)20-21-15-8-3-4-9-18(15)25-20/h3-4,8-12,14H,5-7H2,1-2H3. The van der Waals surface area contributed by atoms with E-state index < -0.39 is 0 Å². The minimum absolute atomic E-state index is 0.0808. The van der Waals surface area contributed by atoms with Gasteiger partial charge >= 0.3 is 0 Å². The summed E-state index contributed by atoms with van der Waals surface area (Å²) in [5, 5.41) is 0.710. The van der Waals surface area contributed by atoms with Crippen molar-refractivity contribution < 1.29 is 9.53 Å². The van der Waals surface area contributed by atoms with E-state index in [0.29, 0.717) is 10.9 Å². The van der Waals surface area contributed by atoms with E-state index in [0.717, 1.165) is 40.7 Å². The summed E-state index contributed by atoms with van der Waals surface area (Å²) in [6.07, 6.45) is 3.03. The Kier molecular flexibility index (Phi) is 4.17. The molecule has 0 saturated heterocycles. The largest absolute Gasteiger partial charge is 0.495 e. The van der Waals surface area contributed by atoms with Crippen LogP contribution in [0.25, 0.3) is 10.2 Å². The monoisotopic (exact) mass is 352 g/mol. The van der Waals surface area contributed by atoms with E-state index in [9.17, 15) is 4.79 Å². The van der Waals surface area contributed by atoms with E-state index in [2.05, 4.69) is 0 Å². The number of amides is 1. The van der Waals surface area contributed by atoms with Gasteiger partial charge in [0, 0.05) is 5.92 Å². The third-order valence-electron chi connectivity index (χ3n) is 4.72. The smallest absolute Gasteiger partial charge is 0.236 e. The van der Waals surface area contributed by atoms with Crippen molar-refractivity contribution in [2.75, 3.05) is 12.0 Å². The van der Waals surface area contributed by atoms with Crippen molar-refractivity contribution in [2.24, 2.45) is 5.92 Å². The molecule has 0 bridgehead atoms. The van der Waals surface area contributed by atoms with Crippen LogP contribution in [0.15, 0.2) is 42.5 Å². The van der Waals surface area contributed by atoms with Crippen molar-refractivity contribution in [3.05, 3.63) is 48.0 Å². The quantitative estimate of drug-likeness (QED) is 0.658. The maximum absolute atomic E-state index is 13.2. The van der Waals surface area contributed by atoms with E-state index in [4.69, 9.17) is 9.72 Å². The van der Waals surface area contributed by atoms with Gasteiger partial charge in [0.15, 0.2) is 5.13 Å². The van der Waals surface area contributed by atoms with Crippen LogP contribution in [0, 0.1) is 12.8 Å². The summed E-state index contributed by atoms with van der Waals surface area (Å²) in [6.45, 7) is 2.02. The topological polar surface area (TPSA) is 42.4 Å². The molecule has 0 radical (unpaired) electrons. The molecular formula is C20H20N2O2S. The van der Waals surface area contributed by atoms with Crippen molar-refractivity contribution in [3.8, 4) is 5.75 Å². The fourth-order valence-corrected chi connectivity index (χ4v) is 4.07. The van der Waals surface area contributed by atoms with Crippen LogP contribution in [0.2, 0.25) is 0 Å². The highest BCUT2D eigenvalue weighted by atomic mass is 32.1. The van der Waals surface area contributed by atoms with Gasteiger partial charge in [-0.3, -0.25) is 9.69 Å². The maximum Gasteiger partial charge on any atom is 0.236 e. The molecule has 1 aromatic heterocycles. The number of carbonyl (C=O) groups excluding carboxylic acids is 1. The average Bonchev–Trinajstić information content (AvgIpc) is 2.97. The molecule has 1 aliphatic carbocycles. The molecule has 0 N–H and O–H groups in total. The molecule has 4 rings (SSSR count). The van der Waals surface area contributed by atoms with E-state index in [1.807, 2.05) is 49.4 Å². The summed E-state index contributed by atoms with van der Waals surface area (Å²) < 4.78 is 6.62. The van der Waals surface area contributed by atoms with E-state index >= 15 is 0 Å². The number of thiazole rings is 1. The molecule has 1 heterocycles. The van der Waals surface area contributed by atoms with Crippen molar-refractivity contribution in [1.82, 2.24) is 4.98 Å². The molecule has 0 unspecified atom stereocenters. The van der Waals surface area contributed by atoms with Gasteiger partial charge in [0.25, 0.3) is 0 Å². The lowest BCUT2D eigenvalue weighted by Crippen LogP contribution is -2.36. The summed E-state index contributed by atoms with van der Waals surface area (Å²) in [5.74, 6) is 0.893. The number of ether oxygens (including phenoxy) is 1. The Labute approximate surface area is 151 Å². The van der Waals surface area contributed by atoms with Gasteiger partial charge in [-0.1, -0.05) is 36.0 Å². The molecule has 1 amide bonds. The molecule has 1 saturated carbocycles. The highest BCUT2D eigenvalue weighted by Gasteiger charge is 2.34. The molecule has 1 aliphatic rings. The summed E-state index contributed by atoms with van der Waals surface area (Å²) in [5.41, 5.74) is 2.78. The number of anilines is 2. The van der Waals surface area contributed by atoms with Crippen molar-refractivity contribution in [1.29, 1.82) is 0 Å². The fraction of sp³-hybridized carbons (Fsp3) is 0.300. The molecule has 2 aromatic carbocycles. The first-order chi connectivity index (χ1) is 12.2. The van der Waals surface area contributed by atoms with Crippen molar-refractivity contribution in [2.45, 2.75) is 26.2 Å². The lowest BCUT2D eigenvalue weighted by Gasteiger charge is -2.31. The second-order valence-electron chi connectivity index (χ2n) is 6.44. The van der Waals surface area contributed by atoms with Crippen LogP contribution >= 0.6 is 11.3 Å². The van der Waals surface area contributed by atoms with Crippen LogP contribution < -0.4 is 9.64 Å². The molecule has 5 heteroatoms. The summed E-state index contributed by atoms with van der Waals surface area (Å²) in [4.78, 5) is 19.7. The van der Waals surface area contributed by atoms with Crippen LogP contribution in [-0.4, -0.2) is 18.0 Å². The zero-order chi connectivity index (χ0) is 17.4. The number of benzene rings is 2. The molecular weight excluding hydrogens is 332 g/mol. The number of rotatable bonds is 4. The van der Waals surface area contributed by atoms with E-state index in [-0.39, 0.29) is 11.8 Å². The van der Waals surface area contributed by atoms with Crippen molar-refractivity contribution in [3.63, 3.8) is 0 Å². The highest BCUT2D eigenvalue weighted by Crippen LogP contribution is 2.41. The first-order valence-corrected chi connectivity index (χ1v) is 9.33. The Balaban J connectivity index is 1.87. The maximum atomic E-state index is 13.2. The van der Waals surface area contributed by atoms with Gasteiger partial charge in [-0.25, -0.2) is 4.98 Å². The lowest BCUT2D eigenvalue weighted by molar-refractivity contribution is -0.123. The second kappa shape index (κ2) is 6.48. The average molecular weight is 352 g/mol. The summed E-state index contributed by atoms with van der Waals surface area (Å²) in [7, 11) is 1.64. The fourth-order valence-electron chi connectivity index (χ4n) is 3.08. The summed E-state index contributed by atoms with van der Waals surface area (Å²) in [6, 6.07) is 13.9. The molecule has 128 valence electrons. The van der Waals surface area contributed by atoms with Gasteiger partial charge in [-0.05, 0) is 49.6 Å². The number of aryl methyl sites for hydroxylation is 1. The van der Waals surface area contributed by atoms with Crippen LogP contribution in [0.1, 0.15) is 24.8 Å². The van der Waals surface area contributed by atoms with Gasteiger partial charge in [-0.15, -0.1) is 0 Å². The third kappa shape index (κ3) is 2.89. The Hall–Kier alpha value is -2.40. The number of methoxy groups -OCH3 is 1. The molecule has 0 aliphatic heterocycles. The zero-order valence-electron chi connectivity index (χ0n) is 14.4. The number of fused-ring (bicyclic) bond motifs is 1. The first kappa shape index (κ1) is 16.1. The Bertz CT molecular complexity index is 897. The molecule has 0 spiro atoms. The Morgan fingerprint density at radius 1 is 1.24 bits per heavy atom. The number of hydrogen-bond donors (Lipinski definition) is 0. The zero-order valence-corrected chi connectivity index (χ0v) is 15.2. The minimum Gasteiger partial charge on any atom is -0.495 e. The van der Waals surface area contributed by atoms with Gasteiger partial charge in [0.1, 0.15) is 5.75 Å². The number of hydrogen-bond acceptors (Lipinski definition) is 4. The first-order valence-electron chi connectivity index (χ1n) is 8.51. The Morgan fingerprint density at radius 3 is 2.72 bits per heavy atom. The minimum atomic E-state index is 0.0808. The second-order valence-corrected chi connectivity index (χ2v) is 7.45. The predicted molar refractivity (Wildman–Crippen MR) is 102 cm³/mol. The van der Waals surface area contributed by atoms with Crippen LogP contribution in [0.5, 0.6) is 5.75 Å². The van der Waals surface area contributed by atoms with Gasteiger partial charge in [0.05, 0.1) is 23.0 Å². The van der Waals surface area contributed by atoms with E-state index in [1.54, 1.807) is 23.3 Å². The molecule has 3 aromatic rings. The molecule has 1 fully saturated rings. The van der Waals surface area contributed by atoms with Crippen molar-refractivity contribution >= 4 is 38.3 Å². The Morgan fingerprint density at radius 2 is 2.04 bits per heavy atom. The normalized spacial score (nSPS) is 14.3. The number of para-hydroxylation sites is 1. The third-order valence-corrected chi connectivity index (χ3v) is 5.75. The highest BCUT2D eigenvalue weighted by molar-refractivity contribution is 7.22. The molecule has 0 atom stereocenters. The SMILES string of the molecule is COc1ccc(C)cc1N(C(=O)C1CCC1)c1nc2ccccc2s1. The number of nitrogens with zero attached hydrogens (tertiary/aromatic N) is 2. The van der Waals surface area contributed by atoms with Gasteiger partial charge < -0.3 is 4.74 Å². The van der Waals surface area contributed by atoms with Crippen LogP contribution in [-0.2, 0) is 4.79 Å². The molecule has 4 nitrogen and oxygen atoms in total.